The highest BCUT2D eigenvalue weighted by Crippen LogP contribution is 2.41. The van der Waals surface area contributed by atoms with E-state index in [0.717, 1.165) is 47.0 Å². The summed E-state index contributed by atoms with van der Waals surface area (Å²) in [5, 5.41) is 0. The number of aromatic nitrogens is 2. The monoisotopic (exact) mass is 544 g/mol. The number of anilines is 6. The molecular weight excluding hydrogens is 512 g/mol. The molecule has 0 radical (unpaired) electrons. The predicted octanol–water partition coefficient (Wildman–Crippen LogP) is 9.30. The quantitative estimate of drug-likeness (QED) is 0.182. The molecule has 0 saturated carbocycles. The summed E-state index contributed by atoms with van der Waals surface area (Å²) in [6.07, 6.45) is 11.8. The molecule has 0 aliphatic heterocycles. The summed E-state index contributed by atoms with van der Waals surface area (Å²) in [6.45, 7) is 0. The molecule has 6 aromatic rings. The average molecular weight is 545 g/mol. The fourth-order valence-electron chi connectivity index (χ4n) is 5.81. The average Bonchev–Trinajstić information content (AvgIpc) is 3.04. The van der Waals surface area contributed by atoms with Crippen molar-refractivity contribution in [2.24, 2.45) is 0 Å². The standard InChI is InChI=1S/C38H32N4/c1-3-9-33(10-4-1)41(36-13-7-23-39-27-36)35-21-22-38(32(26-35)18-16-29-15-17-30-19-20-31(30)25-29)42(34-11-5-2-6-12-34)37-14-8-24-40-28-37/h1-15,17,21-28H,16,18-20H2. The van der Waals surface area contributed by atoms with Gasteiger partial charge in [-0.25, -0.2) is 0 Å². The van der Waals surface area contributed by atoms with Crippen LogP contribution >= 0.6 is 0 Å². The minimum absolute atomic E-state index is 0.904. The predicted molar refractivity (Wildman–Crippen MR) is 173 cm³/mol. The van der Waals surface area contributed by atoms with Crippen molar-refractivity contribution in [3.05, 3.63) is 168 Å². The molecule has 0 N–H and O–H groups in total. The van der Waals surface area contributed by atoms with Crippen molar-refractivity contribution in [1.82, 2.24) is 9.97 Å². The highest BCUT2D eigenvalue weighted by atomic mass is 15.2. The Bertz CT molecular complexity index is 1690. The lowest BCUT2D eigenvalue weighted by Gasteiger charge is -2.30. The number of aryl methyl sites for hydroxylation is 4. The molecule has 42 heavy (non-hydrogen) atoms. The second-order valence-electron chi connectivity index (χ2n) is 10.7. The maximum atomic E-state index is 4.47. The van der Waals surface area contributed by atoms with Gasteiger partial charge < -0.3 is 9.80 Å². The van der Waals surface area contributed by atoms with E-state index < -0.39 is 0 Å². The molecule has 0 amide bonds. The Morgan fingerprint density at radius 3 is 1.69 bits per heavy atom. The summed E-state index contributed by atoms with van der Waals surface area (Å²) in [6, 6.07) is 43.2. The normalized spacial score (nSPS) is 11.8. The number of nitrogens with zero attached hydrogens (tertiary/aromatic N) is 4. The Balaban J connectivity index is 1.36. The van der Waals surface area contributed by atoms with E-state index in [1.54, 1.807) is 0 Å². The van der Waals surface area contributed by atoms with Gasteiger partial charge in [-0.3, -0.25) is 9.97 Å². The maximum Gasteiger partial charge on any atom is 0.0645 e. The van der Waals surface area contributed by atoms with Crippen LogP contribution in [0.3, 0.4) is 0 Å². The Morgan fingerprint density at radius 1 is 0.476 bits per heavy atom. The molecule has 2 aromatic heterocycles. The molecule has 2 heterocycles. The molecule has 1 aliphatic rings. The third-order valence-electron chi connectivity index (χ3n) is 8.02. The van der Waals surface area contributed by atoms with E-state index in [2.05, 4.69) is 129 Å². The van der Waals surface area contributed by atoms with Gasteiger partial charge in [-0.05, 0) is 115 Å². The minimum Gasteiger partial charge on any atom is -0.309 e. The zero-order valence-electron chi connectivity index (χ0n) is 23.5. The van der Waals surface area contributed by atoms with Crippen LogP contribution in [-0.2, 0) is 25.7 Å². The van der Waals surface area contributed by atoms with Gasteiger partial charge in [-0.15, -0.1) is 0 Å². The number of rotatable bonds is 9. The number of para-hydroxylation sites is 2. The number of benzene rings is 4. The van der Waals surface area contributed by atoms with E-state index in [-0.39, 0.29) is 0 Å². The first-order chi connectivity index (χ1) is 20.8. The largest absolute Gasteiger partial charge is 0.309 e. The maximum absolute atomic E-state index is 4.47. The highest BCUT2D eigenvalue weighted by Gasteiger charge is 2.20. The first-order valence-corrected chi connectivity index (χ1v) is 14.6. The van der Waals surface area contributed by atoms with Crippen molar-refractivity contribution in [3.63, 3.8) is 0 Å². The minimum atomic E-state index is 0.904. The smallest absolute Gasteiger partial charge is 0.0645 e. The third-order valence-corrected chi connectivity index (χ3v) is 8.02. The van der Waals surface area contributed by atoms with E-state index >= 15 is 0 Å². The van der Waals surface area contributed by atoms with Gasteiger partial charge >= 0.3 is 0 Å². The topological polar surface area (TPSA) is 32.3 Å². The summed E-state index contributed by atoms with van der Waals surface area (Å²) in [4.78, 5) is 13.5. The lowest BCUT2D eigenvalue weighted by atomic mass is 9.86. The lowest BCUT2D eigenvalue weighted by molar-refractivity contribution is 0.828. The number of hydrogen-bond donors (Lipinski definition) is 0. The van der Waals surface area contributed by atoms with Gasteiger partial charge in [-0.1, -0.05) is 54.6 Å². The fraction of sp³-hybridized carbons (Fsp3) is 0.105. The summed E-state index contributed by atoms with van der Waals surface area (Å²) >= 11 is 0. The molecule has 4 aromatic carbocycles. The SMILES string of the molecule is c1ccc(N(c2cccnc2)c2ccc(N(c3ccccc3)c3cccnc3)c(CCc3ccc4c(c3)CC4)c2)cc1. The molecule has 4 nitrogen and oxygen atoms in total. The van der Waals surface area contributed by atoms with Gasteiger partial charge in [0.1, 0.15) is 0 Å². The lowest BCUT2D eigenvalue weighted by Crippen LogP contribution is -2.15. The van der Waals surface area contributed by atoms with Crippen LogP contribution < -0.4 is 9.80 Å². The van der Waals surface area contributed by atoms with Crippen LogP contribution in [0.25, 0.3) is 0 Å². The van der Waals surface area contributed by atoms with Crippen molar-refractivity contribution in [2.45, 2.75) is 25.7 Å². The Labute approximate surface area is 247 Å². The van der Waals surface area contributed by atoms with Gasteiger partial charge in [0, 0.05) is 35.1 Å². The molecule has 4 heteroatoms. The fourth-order valence-corrected chi connectivity index (χ4v) is 5.81. The van der Waals surface area contributed by atoms with Crippen LogP contribution in [0, 0.1) is 0 Å². The van der Waals surface area contributed by atoms with Gasteiger partial charge in [0.25, 0.3) is 0 Å². The highest BCUT2D eigenvalue weighted by molar-refractivity contribution is 5.82. The van der Waals surface area contributed by atoms with Gasteiger partial charge in [0.2, 0.25) is 0 Å². The molecule has 7 rings (SSSR count). The zero-order valence-corrected chi connectivity index (χ0v) is 23.5. The molecule has 0 saturated heterocycles. The van der Waals surface area contributed by atoms with Crippen LogP contribution in [0.2, 0.25) is 0 Å². The summed E-state index contributed by atoms with van der Waals surface area (Å²) < 4.78 is 0. The number of hydrogen-bond acceptors (Lipinski definition) is 4. The van der Waals surface area contributed by atoms with Crippen molar-refractivity contribution in [2.75, 3.05) is 9.80 Å². The Hall–Kier alpha value is -5.22. The number of pyridine rings is 2. The second-order valence-corrected chi connectivity index (χ2v) is 10.7. The molecular formula is C38H32N4. The van der Waals surface area contributed by atoms with E-state index in [0.29, 0.717) is 0 Å². The summed E-state index contributed by atoms with van der Waals surface area (Å²) in [5.41, 5.74) is 12.2. The van der Waals surface area contributed by atoms with Crippen LogP contribution in [0.15, 0.2) is 146 Å². The molecule has 0 fully saturated rings. The van der Waals surface area contributed by atoms with E-state index in [4.69, 9.17) is 0 Å². The third kappa shape index (κ3) is 5.27. The van der Waals surface area contributed by atoms with Crippen LogP contribution in [-0.4, -0.2) is 9.97 Å². The first-order valence-electron chi connectivity index (χ1n) is 14.6. The van der Waals surface area contributed by atoms with Crippen molar-refractivity contribution in [1.29, 1.82) is 0 Å². The molecule has 0 unspecified atom stereocenters. The molecule has 0 bridgehead atoms. The molecule has 1 aliphatic carbocycles. The van der Waals surface area contributed by atoms with Gasteiger partial charge in [0.15, 0.2) is 0 Å². The zero-order chi connectivity index (χ0) is 28.1. The van der Waals surface area contributed by atoms with Gasteiger partial charge in [-0.2, -0.15) is 0 Å². The Kier molecular flexibility index (Phi) is 7.18. The van der Waals surface area contributed by atoms with Crippen molar-refractivity contribution < 1.29 is 0 Å². The van der Waals surface area contributed by atoms with Crippen molar-refractivity contribution in [3.8, 4) is 0 Å². The van der Waals surface area contributed by atoms with E-state index in [9.17, 15) is 0 Å². The molecule has 0 spiro atoms. The van der Waals surface area contributed by atoms with Crippen molar-refractivity contribution >= 4 is 34.1 Å². The summed E-state index contributed by atoms with van der Waals surface area (Å²) in [7, 11) is 0. The van der Waals surface area contributed by atoms with Crippen LogP contribution in [0.5, 0.6) is 0 Å². The molecule has 0 atom stereocenters. The van der Waals surface area contributed by atoms with Crippen LogP contribution in [0.4, 0.5) is 34.1 Å². The van der Waals surface area contributed by atoms with Gasteiger partial charge in [0.05, 0.1) is 23.8 Å². The molecule has 204 valence electrons. The van der Waals surface area contributed by atoms with E-state index in [1.165, 1.54) is 35.1 Å². The summed E-state index contributed by atoms with van der Waals surface area (Å²) in [5.74, 6) is 0. The second kappa shape index (κ2) is 11.7. The Morgan fingerprint density at radius 2 is 1.10 bits per heavy atom. The van der Waals surface area contributed by atoms with Crippen LogP contribution in [0.1, 0.15) is 22.3 Å². The van der Waals surface area contributed by atoms with E-state index in [1.807, 2.05) is 36.9 Å². The number of fused-ring (bicyclic) bond motifs is 1. The first kappa shape index (κ1) is 25.7.